The number of carboxylic acid groups (broad SMARTS) is 2. The molecule has 0 spiro atoms. The van der Waals surface area contributed by atoms with E-state index in [0.29, 0.717) is 12.8 Å². The molecular formula is C9H18N2O6. The minimum absolute atomic E-state index is 0.245. The zero-order chi connectivity index (χ0) is 14.4. The van der Waals surface area contributed by atoms with Gasteiger partial charge >= 0.3 is 11.9 Å². The number of amides is 2. The first kappa shape index (κ1) is 20.3. The predicted octanol–water partition coefficient (Wildman–Crippen LogP) is -0.691. The van der Waals surface area contributed by atoms with Crippen molar-refractivity contribution in [1.82, 2.24) is 0 Å². The van der Waals surface area contributed by atoms with Crippen LogP contribution in [-0.2, 0) is 19.2 Å². The van der Waals surface area contributed by atoms with Crippen molar-refractivity contribution in [2.75, 3.05) is 0 Å². The van der Waals surface area contributed by atoms with Gasteiger partial charge < -0.3 is 21.7 Å². The van der Waals surface area contributed by atoms with Gasteiger partial charge in [0.05, 0.1) is 0 Å². The number of carbonyl (C=O) groups is 4. The Bertz CT molecular complexity index is 238. The summed E-state index contributed by atoms with van der Waals surface area (Å²) in [6.45, 7) is 3.45. The van der Waals surface area contributed by atoms with Gasteiger partial charge in [0, 0.05) is 12.8 Å². The Balaban J connectivity index is -0.000000177. The second-order valence-electron chi connectivity index (χ2n) is 2.60. The molecule has 0 saturated carbocycles. The van der Waals surface area contributed by atoms with Gasteiger partial charge in [-0.25, -0.2) is 0 Å². The lowest BCUT2D eigenvalue weighted by atomic mass is 10.5. The van der Waals surface area contributed by atoms with Crippen molar-refractivity contribution in [3.8, 4) is 0 Å². The molecule has 0 unspecified atom stereocenters. The minimum atomic E-state index is -1.31. The van der Waals surface area contributed by atoms with Crippen LogP contribution in [0.2, 0.25) is 0 Å². The second kappa shape index (κ2) is 13.9. The van der Waals surface area contributed by atoms with E-state index >= 15 is 0 Å². The summed E-state index contributed by atoms with van der Waals surface area (Å²) in [5, 5.41) is 15.4. The Morgan fingerprint density at radius 1 is 0.824 bits per heavy atom. The van der Waals surface area contributed by atoms with Crippen molar-refractivity contribution in [3.63, 3.8) is 0 Å². The third kappa shape index (κ3) is 56.7. The number of carbonyl (C=O) groups excluding carboxylic acids is 2. The zero-order valence-electron chi connectivity index (χ0n) is 9.80. The highest BCUT2D eigenvalue weighted by molar-refractivity contribution is 5.88. The van der Waals surface area contributed by atoms with Crippen molar-refractivity contribution >= 4 is 23.8 Å². The molecule has 0 aromatic heterocycles. The molecule has 0 radical (unpaired) electrons. The van der Waals surface area contributed by atoms with Gasteiger partial charge in [-0.2, -0.15) is 0 Å². The first-order valence-electron chi connectivity index (χ1n) is 4.67. The van der Waals surface area contributed by atoms with E-state index in [0.717, 1.165) is 0 Å². The van der Waals surface area contributed by atoms with Crippen LogP contribution in [0.5, 0.6) is 0 Å². The number of rotatable bonds is 4. The largest absolute Gasteiger partial charge is 0.481 e. The minimum Gasteiger partial charge on any atom is -0.481 e. The van der Waals surface area contributed by atoms with Crippen LogP contribution >= 0.6 is 0 Å². The lowest BCUT2D eigenvalue weighted by molar-refractivity contribution is -0.147. The quantitative estimate of drug-likeness (QED) is 0.483. The molecule has 0 atom stereocenters. The van der Waals surface area contributed by atoms with Gasteiger partial charge in [0.25, 0.3) is 0 Å². The van der Waals surface area contributed by atoms with Gasteiger partial charge in [-0.3, -0.25) is 19.2 Å². The first-order chi connectivity index (χ1) is 7.67. The number of hydrogen-bond donors (Lipinski definition) is 4. The van der Waals surface area contributed by atoms with Crippen LogP contribution in [0.4, 0.5) is 0 Å². The number of nitrogens with two attached hydrogens (primary N) is 2. The fourth-order valence-electron chi connectivity index (χ4n) is 0.129. The Morgan fingerprint density at radius 2 is 1.00 bits per heavy atom. The van der Waals surface area contributed by atoms with Gasteiger partial charge in [0.15, 0.2) is 0 Å². The Hall–Kier alpha value is -2.12. The van der Waals surface area contributed by atoms with Gasteiger partial charge in [0.2, 0.25) is 11.8 Å². The smallest absolute Gasteiger partial charge is 0.314 e. The molecule has 6 N–H and O–H groups in total. The number of hydrogen-bond acceptors (Lipinski definition) is 4. The monoisotopic (exact) mass is 250 g/mol. The molecule has 0 fully saturated rings. The molecule has 0 aliphatic rings. The van der Waals surface area contributed by atoms with Crippen LogP contribution in [-0.4, -0.2) is 34.0 Å². The second-order valence-corrected chi connectivity index (χ2v) is 2.60. The Kier molecular flexibility index (Phi) is 16.6. The maximum Gasteiger partial charge on any atom is 0.314 e. The normalized spacial score (nSPS) is 7.65. The average Bonchev–Trinajstić information content (AvgIpc) is 2.17. The third-order valence-corrected chi connectivity index (χ3v) is 0.999. The summed E-state index contributed by atoms with van der Waals surface area (Å²) in [6.07, 6.45) is 0.0833. The van der Waals surface area contributed by atoms with Crippen LogP contribution in [0.1, 0.15) is 33.1 Å². The van der Waals surface area contributed by atoms with Crippen molar-refractivity contribution in [2.45, 2.75) is 33.1 Å². The lowest BCUT2D eigenvalue weighted by Gasteiger charge is -1.80. The fourth-order valence-corrected chi connectivity index (χ4v) is 0.129. The summed E-state index contributed by atoms with van der Waals surface area (Å²) in [4.78, 5) is 38.0. The predicted molar refractivity (Wildman–Crippen MR) is 58.9 cm³/mol. The van der Waals surface area contributed by atoms with Crippen molar-refractivity contribution in [3.05, 3.63) is 0 Å². The molecule has 8 heteroatoms. The van der Waals surface area contributed by atoms with Crippen LogP contribution < -0.4 is 11.5 Å². The van der Waals surface area contributed by atoms with Gasteiger partial charge in [-0.1, -0.05) is 13.8 Å². The molecule has 0 aromatic carbocycles. The van der Waals surface area contributed by atoms with Gasteiger partial charge in [0.1, 0.15) is 6.42 Å². The average molecular weight is 250 g/mol. The van der Waals surface area contributed by atoms with Crippen LogP contribution in [0, 0.1) is 0 Å². The maximum atomic E-state index is 9.59. The molecule has 0 saturated heterocycles. The maximum absolute atomic E-state index is 9.59. The molecular weight excluding hydrogens is 232 g/mol. The highest BCUT2D eigenvalue weighted by Crippen LogP contribution is 1.74. The van der Waals surface area contributed by atoms with E-state index in [2.05, 4.69) is 11.5 Å². The summed E-state index contributed by atoms with van der Waals surface area (Å²) in [5.74, 6) is -3.12. The fraction of sp³-hybridized carbons (Fsp3) is 0.556. The Morgan fingerprint density at radius 3 is 1.00 bits per heavy atom. The first-order valence-corrected chi connectivity index (χ1v) is 4.67. The van der Waals surface area contributed by atoms with Crippen LogP contribution in [0.3, 0.4) is 0 Å². The zero-order valence-corrected chi connectivity index (χ0v) is 9.80. The van der Waals surface area contributed by atoms with E-state index < -0.39 is 18.4 Å². The third-order valence-electron chi connectivity index (χ3n) is 0.999. The topological polar surface area (TPSA) is 161 Å². The van der Waals surface area contributed by atoms with E-state index in [9.17, 15) is 19.2 Å². The van der Waals surface area contributed by atoms with E-state index in [1.54, 1.807) is 13.8 Å². The van der Waals surface area contributed by atoms with Crippen molar-refractivity contribution in [1.29, 1.82) is 0 Å². The number of aliphatic carboxylic acids is 2. The number of carboxylic acids is 2. The van der Waals surface area contributed by atoms with E-state index in [-0.39, 0.29) is 11.8 Å². The molecule has 0 bridgehead atoms. The van der Waals surface area contributed by atoms with Crippen LogP contribution in [0.25, 0.3) is 0 Å². The van der Waals surface area contributed by atoms with E-state index in [1.165, 1.54) is 0 Å². The summed E-state index contributed by atoms with van der Waals surface area (Å²) >= 11 is 0. The van der Waals surface area contributed by atoms with Crippen LogP contribution in [0.15, 0.2) is 0 Å². The SMILES string of the molecule is CCC(N)=O.CCC(N)=O.O=C(O)CC(=O)O. The highest BCUT2D eigenvalue weighted by Gasteiger charge is 2.01. The summed E-state index contributed by atoms with van der Waals surface area (Å²) in [6, 6.07) is 0. The molecule has 0 heterocycles. The molecule has 0 aromatic rings. The van der Waals surface area contributed by atoms with Gasteiger partial charge in [-0.15, -0.1) is 0 Å². The Labute approximate surface area is 98.6 Å². The van der Waals surface area contributed by atoms with Crippen molar-refractivity contribution < 1.29 is 29.4 Å². The van der Waals surface area contributed by atoms with Crippen molar-refractivity contribution in [2.24, 2.45) is 11.5 Å². The summed E-state index contributed by atoms with van der Waals surface area (Å²) in [5.41, 5.74) is 9.31. The van der Waals surface area contributed by atoms with Gasteiger partial charge in [-0.05, 0) is 0 Å². The summed E-state index contributed by atoms with van der Waals surface area (Å²) in [7, 11) is 0. The molecule has 0 aliphatic carbocycles. The molecule has 17 heavy (non-hydrogen) atoms. The standard InChI is InChI=1S/2C3H7NO.C3H4O4/c2*1-2-3(4)5;4-2(5)1-3(6)7/h2*2H2,1H3,(H2,4,5);1H2,(H,4,5)(H,6,7). The molecule has 0 aliphatic heterocycles. The molecule has 0 rings (SSSR count). The molecule has 100 valence electrons. The molecule has 8 nitrogen and oxygen atoms in total. The van der Waals surface area contributed by atoms with E-state index in [1.807, 2.05) is 0 Å². The highest BCUT2D eigenvalue weighted by atomic mass is 16.4. The summed E-state index contributed by atoms with van der Waals surface area (Å²) < 4.78 is 0. The number of primary amides is 2. The lowest BCUT2D eigenvalue weighted by Crippen LogP contribution is -2.06. The van der Waals surface area contributed by atoms with E-state index in [4.69, 9.17) is 10.2 Å². The molecule has 2 amide bonds.